The van der Waals surface area contributed by atoms with E-state index in [1.165, 1.54) is 11.6 Å². The lowest BCUT2D eigenvalue weighted by Gasteiger charge is -2.02. The summed E-state index contributed by atoms with van der Waals surface area (Å²) in [6.45, 7) is 1.97. The van der Waals surface area contributed by atoms with Gasteiger partial charge in [-0.1, -0.05) is 11.6 Å². The lowest BCUT2D eigenvalue weighted by atomic mass is 10.3. The van der Waals surface area contributed by atoms with Crippen molar-refractivity contribution in [2.75, 3.05) is 11.9 Å². The molecule has 1 amide bonds. The second-order valence-corrected chi connectivity index (χ2v) is 4.77. The van der Waals surface area contributed by atoms with Crippen molar-refractivity contribution >= 4 is 39.9 Å². The van der Waals surface area contributed by atoms with Gasteiger partial charge in [-0.2, -0.15) is 0 Å². The van der Waals surface area contributed by atoms with Crippen LogP contribution in [0.15, 0.2) is 23.7 Å². The Kier molecular flexibility index (Phi) is 4.65. The highest BCUT2D eigenvalue weighted by Crippen LogP contribution is 2.19. The zero-order chi connectivity index (χ0) is 14.5. The molecule has 1 N–H and O–H groups in total. The Hall–Kier alpha value is -1.99. The molecule has 2 rings (SSSR count). The van der Waals surface area contributed by atoms with E-state index in [0.717, 1.165) is 11.3 Å². The minimum atomic E-state index is -0.524. The van der Waals surface area contributed by atoms with Crippen molar-refractivity contribution in [2.24, 2.45) is 0 Å². The molecule has 0 fully saturated rings. The van der Waals surface area contributed by atoms with E-state index < -0.39 is 11.9 Å². The number of ether oxygens (including phenoxy) is 1. The zero-order valence-corrected chi connectivity index (χ0v) is 12.0. The number of halogens is 1. The first kappa shape index (κ1) is 14.4. The van der Waals surface area contributed by atoms with Crippen LogP contribution in [0.4, 0.5) is 5.13 Å². The molecule has 2 aromatic heterocycles. The molecule has 0 atom stereocenters. The number of anilines is 1. The molecule has 0 radical (unpaired) electrons. The largest absolute Gasteiger partial charge is 0.461 e. The number of thiazole rings is 1. The second kappa shape index (κ2) is 6.44. The molecule has 0 aliphatic carbocycles. The van der Waals surface area contributed by atoms with Gasteiger partial charge in [0.05, 0.1) is 12.2 Å². The summed E-state index contributed by atoms with van der Waals surface area (Å²) < 4.78 is 4.81. The van der Waals surface area contributed by atoms with Crippen molar-refractivity contribution in [2.45, 2.75) is 6.92 Å². The molecule has 0 saturated carbocycles. The van der Waals surface area contributed by atoms with E-state index in [1.54, 1.807) is 19.1 Å². The standard InChI is InChI=1S/C12H10ClN3O3S/c1-2-19-11(18)8-6-20-12(15-8)16-10(17)7-4-3-5-14-9(7)13/h3-6H,2H2,1H3,(H,15,16,17). The predicted octanol–water partition coefficient (Wildman–Crippen LogP) is 2.62. The molecule has 0 saturated heterocycles. The minimum absolute atomic E-state index is 0.104. The summed E-state index contributed by atoms with van der Waals surface area (Å²) in [5, 5.41) is 4.46. The van der Waals surface area contributed by atoms with Gasteiger partial charge in [-0.15, -0.1) is 11.3 Å². The van der Waals surface area contributed by atoms with Crippen molar-refractivity contribution in [3.8, 4) is 0 Å². The van der Waals surface area contributed by atoms with Gasteiger partial charge < -0.3 is 4.74 Å². The SMILES string of the molecule is CCOC(=O)c1csc(NC(=O)c2cccnc2Cl)n1. The highest BCUT2D eigenvalue weighted by atomic mass is 35.5. The lowest BCUT2D eigenvalue weighted by Crippen LogP contribution is -2.13. The fraction of sp³-hybridized carbons (Fsp3) is 0.167. The fourth-order valence-electron chi connectivity index (χ4n) is 1.35. The van der Waals surface area contributed by atoms with Gasteiger partial charge in [-0.05, 0) is 19.1 Å². The van der Waals surface area contributed by atoms with Crippen LogP contribution in [0, 0.1) is 0 Å². The maximum atomic E-state index is 12.0. The first-order valence-electron chi connectivity index (χ1n) is 5.66. The Morgan fingerprint density at radius 3 is 3.00 bits per heavy atom. The second-order valence-electron chi connectivity index (χ2n) is 3.55. The van der Waals surface area contributed by atoms with Crippen molar-refractivity contribution in [3.63, 3.8) is 0 Å². The van der Waals surface area contributed by atoms with E-state index in [0.29, 0.717) is 0 Å². The number of nitrogens with zero attached hydrogens (tertiary/aromatic N) is 2. The van der Waals surface area contributed by atoms with Gasteiger partial charge in [-0.3, -0.25) is 10.1 Å². The number of pyridine rings is 1. The van der Waals surface area contributed by atoms with Gasteiger partial charge in [0.25, 0.3) is 5.91 Å². The monoisotopic (exact) mass is 311 g/mol. The molecule has 0 aromatic carbocycles. The van der Waals surface area contributed by atoms with E-state index in [4.69, 9.17) is 16.3 Å². The normalized spacial score (nSPS) is 10.1. The van der Waals surface area contributed by atoms with Crippen molar-refractivity contribution in [3.05, 3.63) is 40.1 Å². The van der Waals surface area contributed by atoms with E-state index in [2.05, 4.69) is 15.3 Å². The van der Waals surface area contributed by atoms with Crippen LogP contribution in [-0.4, -0.2) is 28.5 Å². The smallest absolute Gasteiger partial charge is 0.357 e. The molecule has 0 aliphatic heterocycles. The van der Waals surface area contributed by atoms with Gasteiger partial charge in [0.2, 0.25) is 0 Å². The number of esters is 1. The topological polar surface area (TPSA) is 81.2 Å². The third kappa shape index (κ3) is 3.31. The van der Waals surface area contributed by atoms with E-state index >= 15 is 0 Å². The Morgan fingerprint density at radius 2 is 2.30 bits per heavy atom. The van der Waals surface area contributed by atoms with Gasteiger partial charge >= 0.3 is 5.97 Å². The third-order valence-electron chi connectivity index (χ3n) is 2.21. The summed E-state index contributed by atoms with van der Waals surface area (Å²) in [5.41, 5.74) is 0.395. The third-order valence-corrected chi connectivity index (χ3v) is 3.27. The van der Waals surface area contributed by atoms with Gasteiger partial charge in [0.1, 0.15) is 5.15 Å². The van der Waals surface area contributed by atoms with Crippen LogP contribution in [-0.2, 0) is 4.74 Å². The summed E-state index contributed by atoms with van der Waals surface area (Å²) >= 11 is 6.94. The van der Waals surface area contributed by atoms with Crippen molar-refractivity contribution in [1.29, 1.82) is 0 Å². The number of hydrogen-bond donors (Lipinski definition) is 1. The number of hydrogen-bond acceptors (Lipinski definition) is 6. The molecule has 8 heteroatoms. The maximum Gasteiger partial charge on any atom is 0.357 e. The number of carbonyl (C=O) groups is 2. The molecule has 0 spiro atoms. The van der Waals surface area contributed by atoms with Crippen molar-refractivity contribution in [1.82, 2.24) is 9.97 Å². The number of nitrogens with one attached hydrogen (secondary N) is 1. The first-order chi connectivity index (χ1) is 9.61. The quantitative estimate of drug-likeness (QED) is 0.693. The first-order valence-corrected chi connectivity index (χ1v) is 6.92. The van der Waals surface area contributed by atoms with Gasteiger partial charge in [-0.25, -0.2) is 14.8 Å². The van der Waals surface area contributed by atoms with Gasteiger partial charge in [0.15, 0.2) is 10.8 Å². The molecule has 2 aromatic rings. The fourth-order valence-corrected chi connectivity index (χ4v) is 2.23. The van der Waals surface area contributed by atoms with Crippen LogP contribution in [0.2, 0.25) is 5.15 Å². The van der Waals surface area contributed by atoms with E-state index in [-0.39, 0.29) is 28.1 Å². The number of amides is 1. The van der Waals surface area contributed by atoms with Crippen LogP contribution in [0.3, 0.4) is 0 Å². The average molecular weight is 312 g/mol. The Bertz CT molecular complexity index is 644. The Labute approximate surface area is 123 Å². The molecule has 20 heavy (non-hydrogen) atoms. The molecule has 104 valence electrons. The zero-order valence-electron chi connectivity index (χ0n) is 10.4. The highest BCUT2D eigenvalue weighted by molar-refractivity contribution is 7.14. The molecular weight excluding hydrogens is 302 g/mol. The van der Waals surface area contributed by atoms with Crippen LogP contribution >= 0.6 is 22.9 Å². The number of rotatable bonds is 4. The summed E-state index contributed by atoms with van der Waals surface area (Å²) in [7, 11) is 0. The molecule has 0 aliphatic rings. The number of carbonyl (C=O) groups excluding carboxylic acids is 2. The van der Waals surface area contributed by atoms with Gasteiger partial charge in [0, 0.05) is 11.6 Å². The molecule has 2 heterocycles. The van der Waals surface area contributed by atoms with Crippen molar-refractivity contribution < 1.29 is 14.3 Å². The predicted molar refractivity (Wildman–Crippen MR) is 75.3 cm³/mol. The number of aromatic nitrogens is 2. The molecule has 0 unspecified atom stereocenters. The van der Waals surface area contributed by atoms with Crippen LogP contribution < -0.4 is 5.32 Å². The van der Waals surface area contributed by atoms with Crippen LogP contribution in [0.1, 0.15) is 27.8 Å². The van der Waals surface area contributed by atoms with E-state index in [9.17, 15) is 9.59 Å². The minimum Gasteiger partial charge on any atom is -0.461 e. The summed E-state index contributed by atoms with van der Waals surface area (Å²) in [6.07, 6.45) is 1.49. The van der Waals surface area contributed by atoms with Crippen LogP contribution in [0.25, 0.3) is 0 Å². The highest BCUT2D eigenvalue weighted by Gasteiger charge is 2.15. The van der Waals surface area contributed by atoms with E-state index in [1.807, 2.05) is 0 Å². The Balaban J connectivity index is 2.09. The molecular formula is C12H10ClN3O3S. The average Bonchev–Trinajstić information content (AvgIpc) is 2.88. The summed E-state index contributed by atoms with van der Waals surface area (Å²) in [5.74, 6) is -0.962. The maximum absolute atomic E-state index is 12.0. The molecule has 0 bridgehead atoms. The Morgan fingerprint density at radius 1 is 1.50 bits per heavy atom. The summed E-state index contributed by atoms with van der Waals surface area (Å²) in [4.78, 5) is 31.2. The summed E-state index contributed by atoms with van der Waals surface area (Å²) in [6, 6.07) is 3.15. The lowest BCUT2D eigenvalue weighted by molar-refractivity contribution is 0.0520. The van der Waals surface area contributed by atoms with Crippen LogP contribution in [0.5, 0.6) is 0 Å². The molecule has 6 nitrogen and oxygen atoms in total.